The fourth-order valence-corrected chi connectivity index (χ4v) is 5.45. The van der Waals surface area contributed by atoms with Gasteiger partial charge in [0.1, 0.15) is 0 Å². The minimum Gasteiger partial charge on any atom is -0.478 e. The Hall–Kier alpha value is -4.48. The van der Waals surface area contributed by atoms with Gasteiger partial charge in [-0.1, -0.05) is 42.1 Å². The van der Waals surface area contributed by atoms with Crippen LogP contribution >= 0.6 is 23.5 Å². The summed E-state index contributed by atoms with van der Waals surface area (Å²) in [6.07, 6.45) is 3.23. The predicted octanol–water partition coefficient (Wildman–Crippen LogP) is 5.88. The molecular weight excluding hydrogens is 512 g/mol. The third kappa shape index (κ3) is 5.37. The highest BCUT2D eigenvalue weighted by molar-refractivity contribution is 8.18. The first-order valence-corrected chi connectivity index (χ1v) is 12.4. The van der Waals surface area contributed by atoms with Crippen LogP contribution in [0.4, 0.5) is 11.4 Å². The van der Waals surface area contributed by atoms with Crippen LogP contribution in [0.1, 0.15) is 15.9 Å². The SMILES string of the molecule is O=C1NC(=Nc2cccc(C(=O)O)c2)S/C1=C\c1ccc(Sc2cccc3cccnc23)c([N+](=O)[O-])c1. The van der Waals surface area contributed by atoms with E-state index in [0.717, 1.165) is 27.6 Å². The molecule has 0 aliphatic carbocycles. The summed E-state index contributed by atoms with van der Waals surface area (Å²) in [6.45, 7) is 0. The van der Waals surface area contributed by atoms with Gasteiger partial charge in [0.05, 0.1) is 31.5 Å². The van der Waals surface area contributed by atoms with Crippen molar-refractivity contribution in [2.24, 2.45) is 4.99 Å². The Morgan fingerprint density at radius 1 is 1.08 bits per heavy atom. The van der Waals surface area contributed by atoms with Gasteiger partial charge in [-0.2, -0.15) is 0 Å². The van der Waals surface area contributed by atoms with Crippen LogP contribution in [0.3, 0.4) is 0 Å². The van der Waals surface area contributed by atoms with Crippen molar-refractivity contribution in [3.05, 3.63) is 105 Å². The van der Waals surface area contributed by atoms with E-state index in [9.17, 15) is 19.7 Å². The first-order chi connectivity index (χ1) is 17.9. The standard InChI is InChI=1S/C26H16N4O5S2/c31-24-22(37-26(29-24)28-18-7-1-5-17(14-18)25(32)33)13-15-9-10-20(19(12-15)30(34)35)36-21-8-2-4-16-6-3-11-27-23(16)21/h1-14H,(H,32,33)(H,28,29,31)/b22-13-. The molecule has 37 heavy (non-hydrogen) atoms. The number of aromatic nitrogens is 1. The number of nitrogens with one attached hydrogen (secondary N) is 1. The Morgan fingerprint density at radius 3 is 2.70 bits per heavy atom. The number of thioether (sulfide) groups is 1. The highest BCUT2D eigenvalue weighted by Gasteiger charge is 2.25. The molecule has 1 saturated heterocycles. The molecule has 2 N–H and O–H groups in total. The van der Waals surface area contributed by atoms with Gasteiger partial charge in [-0.25, -0.2) is 9.79 Å². The van der Waals surface area contributed by atoms with Gasteiger partial charge in [-0.05, 0) is 59.8 Å². The zero-order valence-corrected chi connectivity index (χ0v) is 20.5. The number of aromatic carboxylic acids is 1. The molecule has 9 nitrogen and oxygen atoms in total. The molecule has 1 aromatic heterocycles. The van der Waals surface area contributed by atoms with Gasteiger partial charge in [0.2, 0.25) is 0 Å². The molecule has 1 aliphatic heterocycles. The maximum absolute atomic E-state index is 12.5. The van der Waals surface area contributed by atoms with Crippen LogP contribution in [0.25, 0.3) is 17.0 Å². The number of fused-ring (bicyclic) bond motifs is 1. The minimum absolute atomic E-state index is 0.0801. The average Bonchev–Trinajstić information content (AvgIpc) is 3.23. The van der Waals surface area contributed by atoms with Gasteiger partial charge in [-0.3, -0.25) is 19.9 Å². The summed E-state index contributed by atoms with van der Waals surface area (Å²) < 4.78 is 0. The van der Waals surface area contributed by atoms with E-state index in [0.29, 0.717) is 21.1 Å². The fourth-order valence-electron chi connectivity index (χ4n) is 3.59. The number of rotatable bonds is 6. The van der Waals surface area contributed by atoms with Gasteiger partial charge in [0.25, 0.3) is 11.6 Å². The number of nitro benzene ring substituents is 1. The monoisotopic (exact) mass is 528 g/mol. The Labute approximate surface area is 218 Å². The van der Waals surface area contributed by atoms with Crippen LogP contribution in [0.2, 0.25) is 0 Å². The first-order valence-electron chi connectivity index (χ1n) is 10.8. The van der Waals surface area contributed by atoms with Crippen molar-refractivity contribution in [3.63, 3.8) is 0 Å². The first kappa shape index (κ1) is 24.2. The third-order valence-electron chi connectivity index (χ3n) is 5.27. The number of carbonyl (C=O) groups excluding carboxylic acids is 1. The number of amidine groups is 1. The van der Waals surface area contributed by atoms with E-state index in [4.69, 9.17) is 5.11 Å². The summed E-state index contributed by atoms with van der Waals surface area (Å²) >= 11 is 2.32. The number of hydrogen-bond donors (Lipinski definition) is 2. The van der Waals surface area contributed by atoms with E-state index in [1.54, 1.807) is 36.5 Å². The normalized spacial score (nSPS) is 15.3. The van der Waals surface area contributed by atoms with Crippen LogP contribution in [0.15, 0.2) is 98.7 Å². The molecule has 1 aliphatic rings. The smallest absolute Gasteiger partial charge is 0.335 e. The molecule has 182 valence electrons. The van der Waals surface area contributed by atoms with Crippen LogP contribution in [0, 0.1) is 10.1 Å². The van der Waals surface area contributed by atoms with Crippen LogP contribution in [-0.4, -0.2) is 32.1 Å². The number of carboxylic acids is 1. The summed E-state index contributed by atoms with van der Waals surface area (Å²) in [4.78, 5) is 45.3. The number of para-hydroxylation sites is 1. The minimum atomic E-state index is -1.08. The molecule has 0 saturated carbocycles. The highest BCUT2D eigenvalue weighted by atomic mass is 32.2. The topological polar surface area (TPSA) is 135 Å². The number of carboxylic acid groups (broad SMARTS) is 1. The van der Waals surface area contributed by atoms with Crippen molar-refractivity contribution in [3.8, 4) is 0 Å². The maximum Gasteiger partial charge on any atom is 0.335 e. The number of nitrogens with zero attached hydrogens (tertiary/aromatic N) is 3. The van der Waals surface area contributed by atoms with E-state index in [1.165, 1.54) is 30.0 Å². The van der Waals surface area contributed by atoms with Gasteiger partial charge in [0, 0.05) is 22.5 Å². The van der Waals surface area contributed by atoms with E-state index in [-0.39, 0.29) is 16.4 Å². The Morgan fingerprint density at radius 2 is 1.89 bits per heavy atom. The third-order valence-corrected chi connectivity index (χ3v) is 7.29. The molecule has 0 spiro atoms. The number of hydrogen-bond acceptors (Lipinski definition) is 8. The van der Waals surface area contributed by atoms with Crippen LogP contribution in [0.5, 0.6) is 0 Å². The molecule has 0 radical (unpaired) electrons. The van der Waals surface area contributed by atoms with Crippen LogP contribution in [-0.2, 0) is 4.79 Å². The van der Waals surface area contributed by atoms with E-state index < -0.39 is 16.8 Å². The summed E-state index contributed by atoms with van der Waals surface area (Å²) in [7, 11) is 0. The van der Waals surface area contributed by atoms with Crippen LogP contribution < -0.4 is 5.32 Å². The predicted molar refractivity (Wildman–Crippen MR) is 143 cm³/mol. The fraction of sp³-hybridized carbons (Fsp3) is 0. The molecule has 4 aromatic rings. The zero-order valence-electron chi connectivity index (χ0n) is 18.8. The lowest BCUT2D eigenvalue weighted by atomic mass is 10.2. The quantitative estimate of drug-likeness (QED) is 0.180. The number of nitro groups is 1. The van der Waals surface area contributed by atoms with Gasteiger partial charge in [0.15, 0.2) is 5.17 Å². The largest absolute Gasteiger partial charge is 0.478 e. The number of aliphatic imine (C=N–C) groups is 1. The second-order valence-electron chi connectivity index (χ2n) is 7.75. The second-order valence-corrected chi connectivity index (χ2v) is 9.87. The average molecular weight is 529 g/mol. The van der Waals surface area contributed by atoms with Crippen molar-refractivity contribution in [2.75, 3.05) is 0 Å². The van der Waals surface area contributed by atoms with Crippen molar-refractivity contribution >= 4 is 68.9 Å². The molecule has 11 heteroatoms. The Bertz CT molecular complexity index is 1650. The number of amides is 1. The molecule has 3 aromatic carbocycles. The summed E-state index contributed by atoms with van der Waals surface area (Å²) in [5.74, 6) is -1.48. The van der Waals surface area contributed by atoms with Crippen molar-refractivity contribution in [2.45, 2.75) is 9.79 Å². The summed E-state index contributed by atoms with van der Waals surface area (Å²) in [6, 6.07) is 20.3. The number of carbonyl (C=O) groups is 2. The molecule has 5 rings (SSSR count). The second kappa shape index (κ2) is 10.2. The Kier molecular flexibility index (Phi) is 6.71. The number of benzene rings is 3. The Balaban J connectivity index is 1.41. The lowest BCUT2D eigenvalue weighted by Crippen LogP contribution is -2.19. The van der Waals surface area contributed by atoms with Crippen molar-refractivity contribution < 1.29 is 19.6 Å². The highest BCUT2D eigenvalue weighted by Crippen LogP contribution is 2.39. The molecule has 0 atom stereocenters. The zero-order chi connectivity index (χ0) is 25.9. The molecule has 2 heterocycles. The van der Waals surface area contributed by atoms with E-state index in [1.807, 2.05) is 30.3 Å². The molecule has 0 bridgehead atoms. The lowest BCUT2D eigenvalue weighted by molar-refractivity contribution is -0.387. The van der Waals surface area contributed by atoms with Gasteiger partial charge < -0.3 is 10.4 Å². The van der Waals surface area contributed by atoms with Gasteiger partial charge >= 0.3 is 5.97 Å². The van der Waals surface area contributed by atoms with Gasteiger partial charge in [-0.15, -0.1) is 0 Å². The molecule has 1 amide bonds. The summed E-state index contributed by atoms with van der Waals surface area (Å²) in [5.41, 5.74) is 1.62. The van der Waals surface area contributed by atoms with Crippen molar-refractivity contribution in [1.29, 1.82) is 0 Å². The van der Waals surface area contributed by atoms with Crippen molar-refractivity contribution in [1.82, 2.24) is 10.3 Å². The summed E-state index contributed by atoms with van der Waals surface area (Å²) in [5, 5.41) is 24.9. The molecular formula is C26H16N4O5S2. The molecule has 0 unspecified atom stereocenters. The maximum atomic E-state index is 12.5. The van der Waals surface area contributed by atoms with E-state index >= 15 is 0 Å². The number of pyridine rings is 1. The molecule has 1 fully saturated rings. The lowest BCUT2D eigenvalue weighted by Gasteiger charge is -2.07. The van der Waals surface area contributed by atoms with E-state index in [2.05, 4.69) is 15.3 Å².